The predicted octanol–water partition coefficient (Wildman–Crippen LogP) is 2.21. The SMILES string of the molecule is COc1cc(C[C@H](C)N)c(OC)c(C)c1C. The summed E-state index contributed by atoms with van der Waals surface area (Å²) in [5.41, 5.74) is 9.18. The Morgan fingerprint density at radius 3 is 2.25 bits per heavy atom. The molecule has 16 heavy (non-hydrogen) atoms. The maximum absolute atomic E-state index is 5.83. The first-order chi connectivity index (χ1) is 7.51. The lowest BCUT2D eigenvalue weighted by Gasteiger charge is -2.17. The van der Waals surface area contributed by atoms with Gasteiger partial charge in [-0.1, -0.05) is 0 Å². The van der Waals surface area contributed by atoms with Crippen LogP contribution in [-0.4, -0.2) is 20.3 Å². The molecule has 0 aliphatic rings. The van der Waals surface area contributed by atoms with Crippen molar-refractivity contribution in [2.45, 2.75) is 33.2 Å². The highest BCUT2D eigenvalue weighted by molar-refractivity contribution is 5.52. The number of methoxy groups -OCH3 is 2. The number of rotatable bonds is 4. The van der Waals surface area contributed by atoms with Gasteiger partial charge < -0.3 is 15.2 Å². The van der Waals surface area contributed by atoms with E-state index in [4.69, 9.17) is 15.2 Å². The van der Waals surface area contributed by atoms with Crippen molar-refractivity contribution in [1.29, 1.82) is 0 Å². The predicted molar refractivity (Wildman–Crippen MR) is 66.4 cm³/mol. The van der Waals surface area contributed by atoms with Gasteiger partial charge in [0.1, 0.15) is 11.5 Å². The van der Waals surface area contributed by atoms with E-state index in [1.54, 1.807) is 14.2 Å². The molecule has 0 aromatic heterocycles. The van der Waals surface area contributed by atoms with Gasteiger partial charge in [-0.05, 0) is 49.9 Å². The van der Waals surface area contributed by atoms with Gasteiger partial charge in [0.15, 0.2) is 0 Å². The zero-order valence-electron chi connectivity index (χ0n) is 10.8. The van der Waals surface area contributed by atoms with E-state index in [2.05, 4.69) is 0 Å². The lowest BCUT2D eigenvalue weighted by Crippen LogP contribution is -2.18. The van der Waals surface area contributed by atoms with Crippen molar-refractivity contribution in [1.82, 2.24) is 0 Å². The smallest absolute Gasteiger partial charge is 0.125 e. The standard InChI is InChI=1S/C13H21NO2/c1-8(14)6-11-7-12(15-4)9(2)10(3)13(11)16-5/h7-8H,6,14H2,1-5H3/t8-/m0/s1. The normalized spacial score (nSPS) is 12.4. The molecule has 0 aliphatic heterocycles. The van der Waals surface area contributed by atoms with E-state index in [-0.39, 0.29) is 6.04 Å². The van der Waals surface area contributed by atoms with Crippen LogP contribution >= 0.6 is 0 Å². The Morgan fingerprint density at radius 2 is 1.81 bits per heavy atom. The van der Waals surface area contributed by atoms with Gasteiger partial charge >= 0.3 is 0 Å². The summed E-state index contributed by atoms with van der Waals surface area (Å²) in [4.78, 5) is 0. The van der Waals surface area contributed by atoms with Gasteiger partial charge in [-0.25, -0.2) is 0 Å². The zero-order chi connectivity index (χ0) is 12.3. The fourth-order valence-corrected chi connectivity index (χ4v) is 1.92. The molecule has 3 heteroatoms. The van der Waals surface area contributed by atoms with Crippen molar-refractivity contribution in [2.24, 2.45) is 5.73 Å². The van der Waals surface area contributed by atoms with Crippen molar-refractivity contribution in [2.75, 3.05) is 14.2 Å². The van der Waals surface area contributed by atoms with Crippen LogP contribution in [0.3, 0.4) is 0 Å². The van der Waals surface area contributed by atoms with Crippen molar-refractivity contribution in [3.8, 4) is 11.5 Å². The van der Waals surface area contributed by atoms with Crippen molar-refractivity contribution in [3.05, 3.63) is 22.8 Å². The second-order valence-corrected chi connectivity index (χ2v) is 4.20. The maximum atomic E-state index is 5.83. The highest BCUT2D eigenvalue weighted by Gasteiger charge is 2.14. The Kier molecular flexibility index (Phi) is 4.19. The van der Waals surface area contributed by atoms with Crippen LogP contribution in [-0.2, 0) is 6.42 Å². The van der Waals surface area contributed by atoms with Crippen LogP contribution in [0.5, 0.6) is 11.5 Å². The van der Waals surface area contributed by atoms with Crippen molar-refractivity contribution in [3.63, 3.8) is 0 Å². The van der Waals surface area contributed by atoms with Gasteiger partial charge in [0.05, 0.1) is 14.2 Å². The fourth-order valence-electron chi connectivity index (χ4n) is 1.92. The summed E-state index contributed by atoms with van der Waals surface area (Å²) in [6, 6.07) is 2.13. The van der Waals surface area contributed by atoms with Crippen LogP contribution < -0.4 is 15.2 Å². The molecule has 0 radical (unpaired) electrons. The third-order valence-electron chi connectivity index (χ3n) is 2.84. The minimum Gasteiger partial charge on any atom is -0.496 e. The molecule has 90 valence electrons. The molecule has 1 atom stereocenters. The summed E-state index contributed by atoms with van der Waals surface area (Å²) in [5.74, 6) is 1.82. The molecule has 1 aromatic rings. The Labute approximate surface area is 97.6 Å². The summed E-state index contributed by atoms with van der Waals surface area (Å²) in [5, 5.41) is 0. The molecule has 0 spiro atoms. The first-order valence-electron chi connectivity index (χ1n) is 5.47. The molecule has 0 amide bonds. The van der Waals surface area contributed by atoms with E-state index in [0.717, 1.165) is 34.6 Å². The van der Waals surface area contributed by atoms with Gasteiger partial charge in [-0.15, -0.1) is 0 Å². The summed E-state index contributed by atoms with van der Waals surface area (Å²) < 4.78 is 10.8. The van der Waals surface area contributed by atoms with Gasteiger partial charge in [0.25, 0.3) is 0 Å². The fraction of sp³-hybridized carbons (Fsp3) is 0.538. The summed E-state index contributed by atoms with van der Waals surface area (Å²) in [6.45, 7) is 6.06. The third-order valence-corrected chi connectivity index (χ3v) is 2.84. The van der Waals surface area contributed by atoms with Crippen molar-refractivity contribution >= 4 is 0 Å². The lowest BCUT2D eigenvalue weighted by atomic mass is 9.99. The van der Waals surface area contributed by atoms with Crippen LogP contribution in [0.2, 0.25) is 0 Å². The Morgan fingerprint density at radius 1 is 1.19 bits per heavy atom. The van der Waals surface area contributed by atoms with E-state index in [9.17, 15) is 0 Å². The average molecular weight is 223 g/mol. The first-order valence-corrected chi connectivity index (χ1v) is 5.47. The van der Waals surface area contributed by atoms with Gasteiger partial charge in [0.2, 0.25) is 0 Å². The number of ether oxygens (including phenoxy) is 2. The van der Waals surface area contributed by atoms with Gasteiger partial charge in [-0.3, -0.25) is 0 Å². The van der Waals surface area contributed by atoms with Crippen LogP contribution in [0.4, 0.5) is 0 Å². The van der Waals surface area contributed by atoms with E-state index in [1.807, 2.05) is 26.8 Å². The average Bonchev–Trinajstić information content (AvgIpc) is 2.23. The van der Waals surface area contributed by atoms with Crippen LogP contribution in [0.25, 0.3) is 0 Å². The van der Waals surface area contributed by atoms with E-state index in [1.165, 1.54) is 0 Å². The van der Waals surface area contributed by atoms with Crippen molar-refractivity contribution < 1.29 is 9.47 Å². The van der Waals surface area contributed by atoms with Crippen LogP contribution in [0.15, 0.2) is 6.07 Å². The summed E-state index contributed by atoms with van der Waals surface area (Å²) in [7, 11) is 3.38. The molecule has 1 rings (SSSR count). The highest BCUT2D eigenvalue weighted by atomic mass is 16.5. The highest BCUT2D eigenvalue weighted by Crippen LogP contribution is 2.33. The second-order valence-electron chi connectivity index (χ2n) is 4.20. The van der Waals surface area contributed by atoms with E-state index < -0.39 is 0 Å². The molecule has 1 aromatic carbocycles. The minimum atomic E-state index is 0.112. The van der Waals surface area contributed by atoms with Crippen LogP contribution in [0, 0.1) is 13.8 Å². The Balaban J connectivity index is 3.29. The summed E-state index contributed by atoms with van der Waals surface area (Å²) >= 11 is 0. The minimum absolute atomic E-state index is 0.112. The lowest BCUT2D eigenvalue weighted by molar-refractivity contribution is 0.392. The van der Waals surface area contributed by atoms with Gasteiger partial charge in [0, 0.05) is 6.04 Å². The first kappa shape index (κ1) is 12.8. The van der Waals surface area contributed by atoms with E-state index >= 15 is 0 Å². The third kappa shape index (κ3) is 2.47. The van der Waals surface area contributed by atoms with Gasteiger partial charge in [-0.2, -0.15) is 0 Å². The zero-order valence-corrected chi connectivity index (χ0v) is 10.8. The molecular formula is C13H21NO2. The largest absolute Gasteiger partial charge is 0.496 e. The monoisotopic (exact) mass is 223 g/mol. The maximum Gasteiger partial charge on any atom is 0.125 e. The molecule has 2 N–H and O–H groups in total. The molecule has 0 bridgehead atoms. The quantitative estimate of drug-likeness (QED) is 0.851. The Bertz CT molecular complexity index is 373. The number of hydrogen-bond donors (Lipinski definition) is 1. The molecule has 0 fully saturated rings. The number of hydrogen-bond acceptors (Lipinski definition) is 3. The molecular weight excluding hydrogens is 202 g/mol. The van der Waals surface area contributed by atoms with Crippen LogP contribution in [0.1, 0.15) is 23.6 Å². The molecule has 3 nitrogen and oxygen atoms in total. The molecule has 0 saturated carbocycles. The number of benzene rings is 1. The number of nitrogens with two attached hydrogens (primary N) is 1. The molecule has 0 unspecified atom stereocenters. The molecule has 0 aliphatic carbocycles. The topological polar surface area (TPSA) is 44.5 Å². The summed E-state index contributed by atoms with van der Waals surface area (Å²) in [6.07, 6.45) is 0.792. The Hall–Kier alpha value is -1.22. The second kappa shape index (κ2) is 5.21. The molecule has 0 saturated heterocycles. The van der Waals surface area contributed by atoms with E-state index in [0.29, 0.717) is 0 Å². The molecule has 0 heterocycles.